The molecule has 4 N–H and O–H groups in total. The zero-order chi connectivity index (χ0) is 36.0. The van der Waals surface area contributed by atoms with E-state index in [1.54, 1.807) is 4.90 Å². The van der Waals surface area contributed by atoms with Gasteiger partial charge in [0, 0.05) is 57.9 Å². The van der Waals surface area contributed by atoms with Crippen molar-refractivity contribution in [2.45, 2.75) is 82.3 Å². The second-order valence-electron chi connectivity index (χ2n) is 13.4. The van der Waals surface area contributed by atoms with Gasteiger partial charge >= 0.3 is 6.09 Å². The lowest BCUT2D eigenvalue weighted by Crippen LogP contribution is -2.52. The molecule has 1 saturated heterocycles. The summed E-state index contributed by atoms with van der Waals surface area (Å²) >= 11 is 0. The number of likely N-dealkylation sites (tertiary alicyclic amines) is 1. The number of fused-ring (bicyclic) bond motifs is 1. The molecule has 5 rings (SSSR count). The summed E-state index contributed by atoms with van der Waals surface area (Å²) in [6.45, 7) is 2.37. The molecule has 0 spiro atoms. The van der Waals surface area contributed by atoms with Crippen molar-refractivity contribution in [1.29, 1.82) is 0 Å². The fourth-order valence-electron chi connectivity index (χ4n) is 7.02. The van der Waals surface area contributed by atoms with Crippen molar-refractivity contribution in [2.75, 3.05) is 26.2 Å². The fraction of sp³-hybridized carbons (Fsp3) is 0.425. The summed E-state index contributed by atoms with van der Waals surface area (Å²) in [5.41, 5.74) is 4.08. The number of amides is 5. The van der Waals surface area contributed by atoms with Crippen LogP contribution < -0.4 is 16.0 Å². The van der Waals surface area contributed by atoms with Crippen molar-refractivity contribution >= 4 is 29.7 Å². The Balaban J connectivity index is 1.12. The van der Waals surface area contributed by atoms with E-state index in [0.717, 1.165) is 54.6 Å². The SMILES string of the molecule is O=C(O)N[C@@H](CCCCNC(=O)[C@@H]1Cc2ccccc2CN1C(=O)CCC(=O)N1CCCCC1)C(=O)NCC(c1ccccc1)c1ccccc1. The van der Waals surface area contributed by atoms with Crippen molar-refractivity contribution in [3.8, 4) is 0 Å². The Labute approximate surface area is 299 Å². The van der Waals surface area contributed by atoms with Gasteiger partial charge in [-0.1, -0.05) is 84.9 Å². The van der Waals surface area contributed by atoms with Crippen LogP contribution in [0, 0.1) is 0 Å². The van der Waals surface area contributed by atoms with Crippen LogP contribution in [0.5, 0.6) is 0 Å². The van der Waals surface area contributed by atoms with Crippen LogP contribution in [0.3, 0.4) is 0 Å². The fourth-order valence-corrected chi connectivity index (χ4v) is 7.02. The van der Waals surface area contributed by atoms with Crippen molar-refractivity contribution < 1.29 is 29.1 Å². The Morgan fingerprint density at radius 1 is 0.725 bits per heavy atom. The zero-order valence-electron chi connectivity index (χ0n) is 29.1. The van der Waals surface area contributed by atoms with E-state index < -0.39 is 24.1 Å². The molecule has 0 aromatic heterocycles. The summed E-state index contributed by atoms with van der Waals surface area (Å²) in [5.74, 6) is -1.02. The van der Waals surface area contributed by atoms with E-state index in [2.05, 4.69) is 16.0 Å². The van der Waals surface area contributed by atoms with E-state index in [1.165, 1.54) is 0 Å². The summed E-state index contributed by atoms with van der Waals surface area (Å²) < 4.78 is 0. The van der Waals surface area contributed by atoms with E-state index in [9.17, 15) is 29.1 Å². The van der Waals surface area contributed by atoms with Crippen LogP contribution in [0.15, 0.2) is 84.9 Å². The third-order valence-electron chi connectivity index (χ3n) is 9.85. The van der Waals surface area contributed by atoms with Crippen LogP contribution in [0.2, 0.25) is 0 Å². The predicted octanol–water partition coefficient (Wildman–Crippen LogP) is 4.60. The predicted molar refractivity (Wildman–Crippen MR) is 194 cm³/mol. The number of rotatable bonds is 15. The zero-order valence-corrected chi connectivity index (χ0v) is 29.1. The molecular formula is C40H49N5O6. The number of nitrogens with one attached hydrogen (secondary N) is 3. The first kappa shape index (κ1) is 37.1. The maximum absolute atomic E-state index is 13.5. The molecule has 2 aliphatic heterocycles. The average Bonchev–Trinajstić information content (AvgIpc) is 3.16. The highest BCUT2D eigenvalue weighted by molar-refractivity contribution is 5.90. The third-order valence-corrected chi connectivity index (χ3v) is 9.85. The number of carbonyl (C=O) groups is 5. The summed E-state index contributed by atoms with van der Waals surface area (Å²) in [5, 5.41) is 17.7. The molecule has 5 amide bonds. The Hall–Kier alpha value is -5.19. The molecule has 11 nitrogen and oxygen atoms in total. The van der Waals surface area contributed by atoms with Crippen LogP contribution in [0.25, 0.3) is 0 Å². The Kier molecular flexibility index (Phi) is 13.6. The first-order valence-corrected chi connectivity index (χ1v) is 18.1. The van der Waals surface area contributed by atoms with Gasteiger partial charge in [0.15, 0.2) is 0 Å². The minimum Gasteiger partial charge on any atom is -0.465 e. The monoisotopic (exact) mass is 695 g/mol. The molecule has 2 atom stereocenters. The second-order valence-corrected chi connectivity index (χ2v) is 13.4. The number of hydrogen-bond donors (Lipinski definition) is 4. The Morgan fingerprint density at radius 2 is 1.33 bits per heavy atom. The number of hydrogen-bond acceptors (Lipinski definition) is 5. The van der Waals surface area contributed by atoms with Gasteiger partial charge < -0.3 is 30.9 Å². The first-order valence-electron chi connectivity index (χ1n) is 18.1. The maximum Gasteiger partial charge on any atom is 0.405 e. The lowest BCUT2D eigenvalue weighted by molar-refractivity contribution is -0.143. The molecule has 3 aromatic carbocycles. The van der Waals surface area contributed by atoms with Crippen LogP contribution in [-0.2, 0) is 32.1 Å². The molecule has 0 radical (unpaired) electrons. The number of piperidine rings is 1. The number of unbranched alkanes of at least 4 members (excludes halogenated alkanes) is 1. The smallest absolute Gasteiger partial charge is 0.405 e. The normalized spacial score (nSPS) is 16.1. The number of carbonyl (C=O) groups excluding carboxylic acids is 4. The quantitative estimate of drug-likeness (QED) is 0.171. The average molecular weight is 696 g/mol. The highest BCUT2D eigenvalue weighted by Crippen LogP contribution is 2.26. The van der Waals surface area contributed by atoms with Crippen molar-refractivity contribution in [1.82, 2.24) is 25.8 Å². The summed E-state index contributed by atoms with van der Waals surface area (Å²) in [7, 11) is 0. The molecular weight excluding hydrogens is 646 g/mol. The minimum absolute atomic E-state index is 0.0157. The Morgan fingerprint density at radius 3 is 1.98 bits per heavy atom. The highest BCUT2D eigenvalue weighted by Gasteiger charge is 2.34. The van der Waals surface area contributed by atoms with E-state index in [-0.39, 0.29) is 42.9 Å². The first-order chi connectivity index (χ1) is 24.8. The lowest BCUT2D eigenvalue weighted by atomic mass is 9.91. The molecule has 3 aromatic rings. The molecule has 2 heterocycles. The molecule has 1 fully saturated rings. The Bertz CT molecular complexity index is 1590. The van der Waals surface area contributed by atoms with Crippen LogP contribution in [0.1, 0.15) is 79.5 Å². The third kappa shape index (κ3) is 10.7. The van der Waals surface area contributed by atoms with Gasteiger partial charge in [-0.2, -0.15) is 0 Å². The van der Waals surface area contributed by atoms with Gasteiger partial charge in [0.05, 0.1) is 0 Å². The molecule has 0 aliphatic carbocycles. The van der Waals surface area contributed by atoms with Gasteiger partial charge in [-0.15, -0.1) is 0 Å². The topological polar surface area (TPSA) is 148 Å². The molecule has 0 saturated carbocycles. The maximum atomic E-state index is 13.5. The van der Waals surface area contributed by atoms with E-state index in [1.807, 2.05) is 89.8 Å². The van der Waals surface area contributed by atoms with Crippen molar-refractivity contribution in [2.24, 2.45) is 0 Å². The minimum atomic E-state index is -1.29. The summed E-state index contributed by atoms with van der Waals surface area (Å²) in [4.78, 5) is 68.0. The van der Waals surface area contributed by atoms with Crippen molar-refractivity contribution in [3.05, 3.63) is 107 Å². The molecule has 0 bridgehead atoms. The molecule has 11 heteroatoms. The number of carboxylic acid groups (broad SMARTS) is 1. The van der Waals surface area contributed by atoms with Crippen LogP contribution in [0.4, 0.5) is 4.79 Å². The molecule has 2 aliphatic rings. The van der Waals surface area contributed by atoms with Gasteiger partial charge in [0.1, 0.15) is 12.1 Å². The van der Waals surface area contributed by atoms with Crippen LogP contribution >= 0.6 is 0 Å². The molecule has 270 valence electrons. The number of nitrogens with zero attached hydrogens (tertiary/aromatic N) is 2. The van der Waals surface area contributed by atoms with Crippen LogP contribution in [-0.4, -0.2) is 82.9 Å². The van der Waals surface area contributed by atoms with Gasteiger partial charge in [0.25, 0.3) is 0 Å². The summed E-state index contributed by atoms with van der Waals surface area (Å²) in [6, 6.07) is 25.8. The van der Waals surface area contributed by atoms with Gasteiger partial charge in [-0.3, -0.25) is 19.2 Å². The second kappa shape index (κ2) is 18.7. The highest BCUT2D eigenvalue weighted by atomic mass is 16.4. The molecule has 51 heavy (non-hydrogen) atoms. The van der Waals surface area contributed by atoms with Gasteiger partial charge in [-0.05, 0) is 60.8 Å². The lowest BCUT2D eigenvalue weighted by Gasteiger charge is -2.36. The van der Waals surface area contributed by atoms with E-state index >= 15 is 0 Å². The van der Waals surface area contributed by atoms with Crippen molar-refractivity contribution in [3.63, 3.8) is 0 Å². The van der Waals surface area contributed by atoms with Gasteiger partial charge in [-0.25, -0.2) is 4.79 Å². The molecule has 0 unspecified atom stereocenters. The van der Waals surface area contributed by atoms with E-state index in [4.69, 9.17) is 0 Å². The number of benzene rings is 3. The van der Waals surface area contributed by atoms with Gasteiger partial charge in [0.2, 0.25) is 23.6 Å². The summed E-state index contributed by atoms with van der Waals surface area (Å²) in [6.07, 6.45) is 3.61. The largest absolute Gasteiger partial charge is 0.465 e. The standard InChI is InChI=1S/C40H49N5O6/c46-36(44-24-12-3-13-25-44)21-22-37(47)45-28-32-19-9-8-18-31(32)26-35(45)39(49)41-23-11-10-20-34(43-40(50)51)38(48)42-27-33(29-14-4-1-5-15-29)30-16-6-2-7-17-30/h1-2,4-9,14-19,33-35,43H,3,10-13,20-28H2,(H,41,49)(H,42,48)(H,50,51)/t34-,35-/m0/s1. The van der Waals surface area contributed by atoms with E-state index in [0.29, 0.717) is 38.9 Å².